The zero-order valence-electron chi connectivity index (χ0n) is 12.8. The molecule has 0 radical (unpaired) electrons. The number of hydrogen-bond acceptors (Lipinski definition) is 4. The van der Waals surface area contributed by atoms with Gasteiger partial charge < -0.3 is 9.47 Å². The molecule has 2 unspecified atom stereocenters. The molecule has 0 aliphatic heterocycles. The molecule has 0 bridgehead atoms. The van der Waals surface area contributed by atoms with Crippen LogP contribution in [0.4, 0.5) is 0 Å². The van der Waals surface area contributed by atoms with Crippen LogP contribution in [0.15, 0.2) is 30.3 Å². The maximum absolute atomic E-state index is 9.78. The summed E-state index contributed by atoms with van der Waals surface area (Å²) in [6.07, 6.45) is 2.98. The quantitative estimate of drug-likeness (QED) is 0.759. The van der Waals surface area contributed by atoms with Crippen molar-refractivity contribution in [3.05, 3.63) is 35.9 Å². The molecule has 2 atom stereocenters. The molecule has 0 amide bonds. The van der Waals surface area contributed by atoms with Gasteiger partial charge in [-0.15, -0.1) is 0 Å². The third-order valence-electron chi connectivity index (χ3n) is 3.77. The summed E-state index contributed by atoms with van der Waals surface area (Å²) in [7, 11) is 1.66. The molecule has 1 aromatic rings. The number of rotatable bonds is 9. The van der Waals surface area contributed by atoms with Crippen LogP contribution in [0.5, 0.6) is 0 Å². The standard InChI is InChI=1S/C17H24N2O2/c1-14(12-20-2)21-11-10-17(13-18,19-16-8-9-16)15-6-4-3-5-7-15/h3-7,14,16,19H,8-12H2,1-2H3. The molecule has 1 N–H and O–H groups in total. The van der Waals surface area contributed by atoms with Gasteiger partial charge in [-0.05, 0) is 25.3 Å². The van der Waals surface area contributed by atoms with Crippen LogP contribution in [0, 0.1) is 11.3 Å². The van der Waals surface area contributed by atoms with Crippen molar-refractivity contribution in [1.82, 2.24) is 5.32 Å². The Morgan fingerprint density at radius 2 is 2.10 bits per heavy atom. The van der Waals surface area contributed by atoms with E-state index in [1.54, 1.807) is 7.11 Å². The first kappa shape index (κ1) is 16.0. The first-order chi connectivity index (χ1) is 10.2. The molecule has 1 aliphatic carbocycles. The maximum Gasteiger partial charge on any atom is 0.134 e. The summed E-state index contributed by atoms with van der Waals surface area (Å²) in [5.74, 6) is 0. The van der Waals surface area contributed by atoms with Gasteiger partial charge >= 0.3 is 0 Å². The van der Waals surface area contributed by atoms with Gasteiger partial charge in [0, 0.05) is 19.6 Å². The van der Waals surface area contributed by atoms with E-state index < -0.39 is 5.54 Å². The lowest BCUT2D eigenvalue weighted by Gasteiger charge is -2.29. The van der Waals surface area contributed by atoms with Crippen LogP contribution in [-0.2, 0) is 15.0 Å². The molecule has 2 rings (SSSR count). The van der Waals surface area contributed by atoms with E-state index in [0.29, 0.717) is 25.7 Å². The van der Waals surface area contributed by atoms with Crippen molar-refractivity contribution in [3.8, 4) is 6.07 Å². The molecular weight excluding hydrogens is 264 g/mol. The van der Waals surface area contributed by atoms with Crippen LogP contribution in [0.25, 0.3) is 0 Å². The first-order valence-electron chi connectivity index (χ1n) is 7.55. The zero-order valence-corrected chi connectivity index (χ0v) is 12.8. The SMILES string of the molecule is COCC(C)OCCC(C#N)(NC1CC1)c1ccccc1. The molecule has 4 nitrogen and oxygen atoms in total. The molecular formula is C17H24N2O2. The number of nitriles is 1. The van der Waals surface area contributed by atoms with Gasteiger partial charge in [-0.3, -0.25) is 5.32 Å². The smallest absolute Gasteiger partial charge is 0.134 e. The van der Waals surface area contributed by atoms with E-state index in [9.17, 15) is 5.26 Å². The predicted octanol–water partition coefficient (Wildman–Crippen LogP) is 2.60. The molecule has 1 aromatic carbocycles. The van der Waals surface area contributed by atoms with Gasteiger partial charge in [-0.25, -0.2) is 0 Å². The van der Waals surface area contributed by atoms with Crippen molar-refractivity contribution in [3.63, 3.8) is 0 Å². The van der Waals surface area contributed by atoms with Crippen LogP contribution in [0.2, 0.25) is 0 Å². The van der Waals surface area contributed by atoms with Gasteiger partial charge in [0.05, 0.1) is 25.4 Å². The van der Waals surface area contributed by atoms with Crippen LogP contribution in [0.1, 0.15) is 31.7 Å². The third-order valence-corrected chi connectivity index (χ3v) is 3.77. The largest absolute Gasteiger partial charge is 0.382 e. The van der Waals surface area contributed by atoms with E-state index in [1.165, 1.54) is 0 Å². The summed E-state index contributed by atoms with van der Waals surface area (Å²) < 4.78 is 10.8. The zero-order chi connectivity index (χ0) is 15.1. The molecule has 21 heavy (non-hydrogen) atoms. The van der Waals surface area contributed by atoms with Crippen LogP contribution >= 0.6 is 0 Å². The van der Waals surface area contributed by atoms with Gasteiger partial charge in [0.1, 0.15) is 5.54 Å². The lowest BCUT2D eigenvalue weighted by Crippen LogP contribution is -2.43. The summed E-state index contributed by atoms with van der Waals surface area (Å²) >= 11 is 0. The molecule has 0 saturated heterocycles. The number of methoxy groups -OCH3 is 1. The van der Waals surface area contributed by atoms with Crippen molar-refractivity contribution in [1.29, 1.82) is 5.26 Å². The Bertz CT molecular complexity index is 467. The molecule has 0 aromatic heterocycles. The van der Waals surface area contributed by atoms with E-state index in [4.69, 9.17) is 9.47 Å². The fourth-order valence-corrected chi connectivity index (χ4v) is 2.45. The topological polar surface area (TPSA) is 54.3 Å². The monoisotopic (exact) mass is 288 g/mol. The molecule has 1 aliphatic rings. The van der Waals surface area contributed by atoms with Crippen molar-refractivity contribution >= 4 is 0 Å². The van der Waals surface area contributed by atoms with Crippen LogP contribution < -0.4 is 5.32 Å². The normalized spacial score (nSPS) is 18.7. The Kier molecular flexibility index (Phi) is 5.75. The highest BCUT2D eigenvalue weighted by molar-refractivity contribution is 5.32. The highest BCUT2D eigenvalue weighted by Gasteiger charge is 2.37. The van der Waals surface area contributed by atoms with E-state index >= 15 is 0 Å². The van der Waals surface area contributed by atoms with Crippen molar-refractivity contribution in [2.45, 2.75) is 43.9 Å². The second kappa shape index (κ2) is 7.56. The fraction of sp³-hybridized carbons (Fsp3) is 0.588. The molecule has 114 valence electrons. The highest BCUT2D eigenvalue weighted by Crippen LogP contribution is 2.31. The third kappa shape index (κ3) is 4.53. The number of nitrogens with one attached hydrogen (secondary N) is 1. The first-order valence-corrected chi connectivity index (χ1v) is 7.55. The number of ether oxygens (including phenoxy) is 2. The van der Waals surface area contributed by atoms with Crippen molar-refractivity contribution in [2.75, 3.05) is 20.3 Å². The van der Waals surface area contributed by atoms with Gasteiger partial charge in [-0.2, -0.15) is 5.26 Å². The van der Waals surface area contributed by atoms with Crippen LogP contribution in [0.3, 0.4) is 0 Å². The summed E-state index contributed by atoms with van der Waals surface area (Å²) in [6.45, 7) is 3.09. The second-order valence-corrected chi connectivity index (χ2v) is 5.69. The lowest BCUT2D eigenvalue weighted by atomic mass is 9.88. The molecule has 0 heterocycles. The fourth-order valence-electron chi connectivity index (χ4n) is 2.45. The second-order valence-electron chi connectivity index (χ2n) is 5.69. The Morgan fingerprint density at radius 1 is 1.38 bits per heavy atom. The minimum absolute atomic E-state index is 0.0445. The number of benzene rings is 1. The van der Waals surface area contributed by atoms with Gasteiger partial charge in [0.2, 0.25) is 0 Å². The average Bonchev–Trinajstić information content (AvgIpc) is 3.31. The molecule has 4 heteroatoms. The van der Waals surface area contributed by atoms with E-state index in [2.05, 4.69) is 11.4 Å². The molecule has 1 saturated carbocycles. The van der Waals surface area contributed by atoms with Crippen molar-refractivity contribution < 1.29 is 9.47 Å². The minimum Gasteiger partial charge on any atom is -0.382 e. The van der Waals surface area contributed by atoms with Gasteiger partial charge in [0.15, 0.2) is 0 Å². The van der Waals surface area contributed by atoms with Crippen LogP contribution in [-0.4, -0.2) is 32.5 Å². The maximum atomic E-state index is 9.78. The lowest BCUT2D eigenvalue weighted by molar-refractivity contribution is 0.00255. The molecule has 0 spiro atoms. The van der Waals surface area contributed by atoms with E-state index in [0.717, 1.165) is 18.4 Å². The highest BCUT2D eigenvalue weighted by atomic mass is 16.5. The van der Waals surface area contributed by atoms with E-state index in [1.807, 2.05) is 37.3 Å². The van der Waals surface area contributed by atoms with Crippen molar-refractivity contribution in [2.24, 2.45) is 0 Å². The van der Waals surface area contributed by atoms with Gasteiger partial charge in [0.25, 0.3) is 0 Å². The van der Waals surface area contributed by atoms with Gasteiger partial charge in [-0.1, -0.05) is 30.3 Å². The molecule has 1 fully saturated rings. The Hall–Kier alpha value is -1.41. The summed E-state index contributed by atoms with van der Waals surface area (Å²) in [5, 5.41) is 13.3. The number of hydrogen-bond donors (Lipinski definition) is 1. The summed E-state index contributed by atoms with van der Waals surface area (Å²) in [4.78, 5) is 0. The Morgan fingerprint density at radius 3 is 2.67 bits per heavy atom. The van der Waals surface area contributed by atoms with E-state index in [-0.39, 0.29) is 6.10 Å². The Labute approximate surface area is 127 Å². The summed E-state index contributed by atoms with van der Waals surface area (Å²) in [6, 6.07) is 12.9. The predicted molar refractivity (Wildman–Crippen MR) is 81.8 cm³/mol. The summed E-state index contributed by atoms with van der Waals surface area (Å²) in [5.41, 5.74) is 0.359. The number of nitrogens with zero attached hydrogens (tertiary/aromatic N) is 1. The minimum atomic E-state index is -0.658. The Balaban J connectivity index is 2.03. The average molecular weight is 288 g/mol.